The molecule has 1 atom stereocenters. The summed E-state index contributed by atoms with van der Waals surface area (Å²) in [5.41, 5.74) is 6.50. The van der Waals surface area contributed by atoms with E-state index in [1.807, 2.05) is 0 Å². The van der Waals surface area contributed by atoms with Crippen molar-refractivity contribution in [3.8, 4) is 0 Å². The van der Waals surface area contributed by atoms with Crippen LogP contribution in [0.15, 0.2) is 12.3 Å². The first-order valence-corrected chi connectivity index (χ1v) is 4.43. The molecule has 4 nitrogen and oxygen atoms in total. The van der Waals surface area contributed by atoms with Crippen molar-refractivity contribution in [2.45, 2.75) is 13.0 Å². The number of esters is 1. The smallest absolute Gasteiger partial charge is 0.339 e. The molecule has 0 amide bonds. The quantitative estimate of drug-likeness (QED) is 0.816. The molecular formula is C9H12Cl2N2O2. The van der Waals surface area contributed by atoms with Gasteiger partial charge in [0.2, 0.25) is 0 Å². The summed E-state index contributed by atoms with van der Waals surface area (Å²) >= 11 is 5.88. The van der Waals surface area contributed by atoms with Crippen LogP contribution in [0.2, 0.25) is 5.02 Å². The molecule has 0 spiro atoms. The Balaban J connectivity index is 0.00000196. The van der Waals surface area contributed by atoms with Gasteiger partial charge in [0.05, 0.1) is 23.4 Å². The predicted octanol–water partition coefficient (Wildman–Crippen LogP) is 1.96. The first kappa shape index (κ1) is 14.2. The fourth-order valence-electron chi connectivity index (χ4n) is 1.01. The van der Waals surface area contributed by atoms with Crippen molar-refractivity contribution in [1.82, 2.24) is 4.98 Å². The Morgan fingerprint density at radius 3 is 2.67 bits per heavy atom. The summed E-state index contributed by atoms with van der Waals surface area (Å²) in [4.78, 5) is 15.1. The Morgan fingerprint density at radius 1 is 1.67 bits per heavy atom. The first-order chi connectivity index (χ1) is 6.56. The third kappa shape index (κ3) is 3.34. The van der Waals surface area contributed by atoms with Gasteiger partial charge in [-0.2, -0.15) is 0 Å². The average molecular weight is 251 g/mol. The van der Waals surface area contributed by atoms with E-state index >= 15 is 0 Å². The Labute approximate surface area is 99.2 Å². The second-order valence-electron chi connectivity index (χ2n) is 2.87. The lowest BCUT2D eigenvalue weighted by molar-refractivity contribution is 0.0600. The summed E-state index contributed by atoms with van der Waals surface area (Å²) in [6.45, 7) is 1.77. The first-order valence-electron chi connectivity index (χ1n) is 4.05. The molecular weight excluding hydrogens is 239 g/mol. The number of aromatic nitrogens is 1. The molecule has 1 aromatic rings. The Bertz CT molecular complexity index is 356. The van der Waals surface area contributed by atoms with E-state index in [0.717, 1.165) is 0 Å². The van der Waals surface area contributed by atoms with Gasteiger partial charge < -0.3 is 10.5 Å². The number of carbonyl (C=O) groups excluding carboxylic acids is 1. The molecule has 0 aliphatic rings. The summed E-state index contributed by atoms with van der Waals surface area (Å²) in [5, 5.41) is 0.378. The van der Waals surface area contributed by atoms with Crippen LogP contribution >= 0.6 is 24.0 Å². The van der Waals surface area contributed by atoms with Gasteiger partial charge in [-0.1, -0.05) is 11.6 Å². The molecule has 0 unspecified atom stereocenters. The van der Waals surface area contributed by atoms with Crippen molar-refractivity contribution in [2.75, 3.05) is 7.11 Å². The summed E-state index contributed by atoms with van der Waals surface area (Å²) in [6, 6.07) is 1.24. The molecule has 0 aliphatic heterocycles. The fourth-order valence-corrected chi connectivity index (χ4v) is 1.35. The predicted molar refractivity (Wildman–Crippen MR) is 60.4 cm³/mol. The molecule has 1 heterocycles. The van der Waals surface area contributed by atoms with Crippen LogP contribution < -0.4 is 5.73 Å². The van der Waals surface area contributed by atoms with E-state index in [1.165, 1.54) is 19.4 Å². The molecule has 0 saturated carbocycles. The molecule has 84 valence electrons. The number of nitrogens with zero attached hydrogens (tertiary/aromatic N) is 1. The van der Waals surface area contributed by atoms with Gasteiger partial charge in [-0.15, -0.1) is 12.4 Å². The van der Waals surface area contributed by atoms with Crippen LogP contribution in [0.3, 0.4) is 0 Å². The number of methoxy groups -OCH3 is 1. The van der Waals surface area contributed by atoms with E-state index in [2.05, 4.69) is 9.72 Å². The minimum Gasteiger partial charge on any atom is -0.465 e. The second kappa shape index (κ2) is 5.90. The van der Waals surface area contributed by atoms with Gasteiger partial charge in [-0.25, -0.2) is 4.79 Å². The zero-order valence-corrected chi connectivity index (χ0v) is 9.93. The van der Waals surface area contributed by atoms with Crippen LogP contribution in [0.5, 0.6) is 0 Å². The number of pyridine rings is 1. The number of carbonyl (C=O) groups is 1. The van der Waals surface area contributed by atoms with Gasteiger partial charge in [0.25, 0.3) is 0 Å². The van der Waals surface area contributed by atoms with Gasteiger partial charge in [-0.3, -0.25) is 4.98 Å². The molecule has 0 radical (unpaired) electrons. The number of ether oxygens (including phenoxy) is 1. The Kier molecular flexibility index (Phi) is 5.57. The number of hydrogen-bond donors (Lipinski definition) is 1. The molecule has 0 aromatic carbocycles. The lowest BCUT2D eigenvalue weighted by Gasteiger charge is -2.07. The third-order valence-electron chi connectivity index (χ3n) is 1.72. The van der Waals surface area contributed by atoms with Gasteiger partial charge >= 0.3 is 5.97 Å². The zero-order valence-electron chi connectivity index (χ0n) is 8.36. The summed E-state index contributed by atoms with van der Waals surface area (Å²) < 4.78 is 4.52. The molecule has 1 aromatic heterocycles. The van der Waals surface area contributed by atoms with Crippen molar-refractivity contribution in [3.63, 3.8) is 0 Å². The standard InChI is InChI=1S/C9H11ClN2O2.ClH/c1-5(11)8-7(10)3-6(4-12-8)9(13)14-2;/h3-5H,11H2,1-2H3;1H/t5-;/m1./s1. The van der Waals surface area contributed by atoms with Crippen LogP contribution in [0.25, 0.3) is 0 Å². The highest BCUT2D eigenvalue weighted by molar-refractivity contribution is 6.31. The highest BCUT2D eigenvalue weighted by Gasteiger charge is 2.11. The third-order valence-corrected chi connectivity index (χ3v) is 2.02. The second-order valence-corrected chi connectivity index (χ2v) is 3.28. The molecule has 0 fully saturated rings. The van der Waals surface area contributed by atoms with Gasteiger partial charge in [-0.05, 0) is 13.0 Å². The van der Waals surface area contributed by atoms with Crippen LogP contribution in [0.4, 0.5) is 0 Å². The lowest BCUT2D eigenvalue weighted by atomic mass is 10.2. The topological polar surface area (TPSA) is 65.2 Å². The summed E-state index contributed by atoms with van der Waals surface area (Å²) in [6.07, 6.45) is 1.40. The molecule has 0 saturated heterocycles. The van der Waals surface area contributed by atoms with Gasteiger partial charge in [0.1, 0.15) is 0 Å². The Morgan fingerprint density at radius 2 is 2.27 bits per heavy atom. The number of hydrogen-bond acceptors (Lipinski definition) is 4. The van der Waals surface area contributed by atoms with E-state index < -0.39 is 5.97 Å². The van der Waals surface area contributed by atoms with E-state index in [4.69, 9.17) is 17.3 Å². The van der Waals surface area contributed by atoms with Crippen LogP contribution in [-0.2, 0) is 4.74 Å². The zero-order chi connectivity index (χ0) is 10.7. The Hall–Kier alpha value is -0.840. The van der Waals surface area contributed by atoms with E-state index in [-0.39, 0.29) is 18.4 Å². The van der Waals surface area contributed by atoms with E-state index in [1.54, 1.807) is 6.92 Å². The molecule has 15 heavy (non-hydrogen) atoms. The van der Waals surface area contributed by atoms with E-state index in [9.17, 15) is 4.79 Å². The molecule has 6 heteroatoms. The molecule has 0 bridgehead atoms. The SMILES string of the molecule is COC(=O)c1cnc([C@@H](C)N)c(Cl)c1.Cl. The number of nitrogens with two attached hydrogens (primary N) is 1. The van der Waals surface area contributed by atoms with Gasteiger partial charge in [0, 0.05) is 12.2 Å². The maximum atomic E-state index is 11.1. The largest absolute Gasteiger partial charge is 0.465 e. The normalized spacial score (nSPS) is 11.5. The van der Waals surface area contributed by atoms with Crippen molar-refractivity contribution in [3.05, 3.63) is 28.5 Å². The van der Waals surface area contributed by atoms with Crippen molar-refractivity contribution in [1.29, 1.82) is 0 Å². The minimum atomic E-state index is -0.462. The maximum Gasteiger partial charge on any atom is 0.339 e. The number of rotatable bonds is 2. The average Bonchev–Trinajstić information content (AvgIpc) is 2.15. The monoisotopic (exact) mass is 250 g/mol. The van der Waals surface area contributed by atoms with Crippen molar-refractivity contribution in [2.24, 2.45) is 5.73 Å². The lowest BCUT2D eigenvalue weighted by Crippen LogP contribution is -2.10. The molecule has 2 N–H and O–H groups in total. The number of halogens is 2. The maximum absolute atomic E-state index is 11.1. The summed E-state index contributed by atoms with van der Waals surface area (Å²) in [7, 11) is 1.30. The molecule has 0 aliphatic carbocycles. The van der Waals surface area contributed by atoms with Crippen molar-refractivity contribution < 1.29 is 9.53 Å². The fraction of sp³-hybridized carbons (Fsp3) is 0.333. The van der Waals surface area contributed by atoms with Crippen LogP contribution in [0, 0.1) is 0 Å². The molecule has 1 rings (SSSR count). The summed E-state index contributed by atoms with van der Waals surface area (Å²) in [5.74, 6) is -0.462. The van der Waals surface area contributed by atoms with Crippen LogP contribution in [-0.4, -0.2) is 18.1 Å². The van der Waals surface area contributed by atoms with E-state index in [0.29, 0.717) is 16.3 Å². The highest BCUT2D eigenvalue weighted by Crippen LogP contribution is 2.20. The minimum absolute atomic E-state index is 0. The van der Waals surface area contributed by atoms with Crippen LogP contribution in [0.1, 0.15) is 29.0 Å². The van der Waals surface area contributed by atoms with Gasteiger partial charge in [0.15, 0.2) is 0 Å². The van der Waals surface area contributed by atoms with Crippen molar-refractivity contribution >= 4 is 30.0 Å². The highest BCUT2D eigenvalue weighted by atomic mass is 35.5.